The van der Waals surface area contributed by atoms with Crippen molar-refractivity contribution in [2.75, 3.05) is 32.2 Å². The smallest absolute Gasteiger partial charge is 0.360 e. The number of amides is 4. The number of rotatable bonds is 9. The van der Waals surface area contributed by atoms with Crippen molar-refractivity contribution in [3.63, 3.8) is 0 Å². The Balaban J connectivity index is 1.23. The van der Waals surface area contributed by atoms with E-state index in [1.54, 1.807) is 0 Å². The molecule has 48 heavy (non-hydrogen) atoms. The van der Waals surface area contributed by atoms with Gasteiger partial charge in [-0.25, -0.2) is 14.6 Å². The molecule has 1 aromatic heterocycles. The van der Waals surface area contributed by atoms with Crippen molar-refractivity contribution < 1.29 is 73.1 Å². The van der Waals surface area contributed by atoms with E-state index in [1.165, 1.54) is 5.38 Å². The molecule has 3 saturated heterocycles. The fraction of sp³-hybridized carbons (Fsp3) is 0.346. The van der Waals surface area contributed by atoms with Crippen LogP contribution in [-0.2, 0) is 43.1 Å². The summed E-state index contributed by atoms with van der Waals surface area (Å²) in [6.07, 6.45) is -1.00. The van der Waals surface area contributed by atoms with E-state index in [0.717, 1.165) is 23.5 Å². The molecule has 2 aromatic rings. The molecule has 6 rings (SSSR count). The first-order chi connectivity index (χ1) is 22.7. The highest BCUT2D eigenvalue weighted by atomic mass is 32.1. The van der Waals surface area contributed by atoms with Gasteiger partial charge in [0.05, 0.1) is 11.1 Å². The number of ketones is 1. The highest BCUT2D eigenvalue weighted by Crippen LogP contribution is 2.39. The minimum Gasteiger partial charge on any atom is -0.504 e. The molecule has 252 valence electrons. The number of hydrogen-bond donors (Lipinski definition) is 6. The molecule has 4 aliphatic heterocycles. The molecule has 1 aromatic carbocycles. The zero-order valence-corrected chi connectivity index (χ0v) is 24.8. The highest BCUT2D eigenvalue weighted by molar-refractivity contribution is 7.13. The van der Waals surface area contributed by atoms with Crippen molar-refractivity contribution in [2.24, 2.45) is 5.16 Å². The summed E-state index contributed by atoms with van der Waals surface area (Å²) in [6, 6.07) is -1.80. The van der Waals surface area contributed by atoms with E-state index in [-0.39, 0.29) is 40.2 Å². The van der Waals surface area contributed by atoms with Crippen LogP contribution in [0.2, 0.25) is 0 Å². The molecule has 3 fully saturated rings. The molecular weight excluding hydrogens is 668 g/mol. The van der Waals surface area contributed by atoms with Crippen molar-refractivity contribution in [3.05, 3.63) is 34.3 Å². The molecule has 22 heteroatoms. The van der Waals surface area contributed by atoms with Crippen LogP contribution < -0.4 is 11.1 Å². The molecule has 3 atom stereocenters. The number of carboxylic acid groups (broad SMARTS) is 2. The SMILES string of the molecule is Nc1nc(/C(=N/OC2(C(=O)O)COC2)C(=O)N[C@H]2CON(C3(C(=O)O)C[C@H](N4C(=O)c5cc(O)c(O)cc5C4=O)C(=O)CO3)C2=O)cs1. The number of phenolic OH excluding ortho intramolecular Hbond substituents is 2. The normalized spacial score (nSPS) is 25.1. The monoisotopic (exact) mass is 690 g/mol. The van der Waals surface area contributed by atoms with E-state index in [0.29, 0.717) is 4.90 Å². The van der Waals surface area contributed by atoms with Gasteiger partial charge in [0.15, 0.2) is 28.1 Å². The summed E-state index contributed by atoms with van der Waals surface area (Å²) < 4.78 is 10.2. The van der Waals surface area contributed by atoms with Gasteiger partial charge in [0.1, 0.15) is 44.2 Å². The number of carbonyl (C=O) groups is 7. The average molecular weight is 691 g/mol. The summed E-state index contributed by atoms with van der Waals surface area (Å²) in [5.74, 6) is -10.1. The summed E-state index contributed by atoms with van der Waals surface area (Å²) >= 11 is 0.906. The molecule has 7 N–H and O–H groups in total. The van der Waals surface area contributed by atoms with E-state index >= 15 is 0 Å². The van der Waals surface area contributed by atoms with Crippen molar-refractivity contribution in [1.82, 2.24) is 20.3 Å². The third kappa shape index (κ3) is 5.02. The van der Waals surface area contributed by atoms with E-state index in [4.69, 9.17) is 24.9 Å². The zero-order valence-electron chi connectivity index (χ0n) is 24.0. The Morgan fingerprint density at radius 3 is 2.23 bits per heavy atom. The summed E-state index contributed by atoms with van der Waals surface area (Å²) in [6.45, 7) is -2.43. The fourth-order valence-electron chi connectivity index (χ4n) is 5.17. The van der Waals surface area contributed by atoms with Crippen LogP contribution in [-0.4, -0.2) is 132 Å². The van der Waals surface area contributed by atoms with Crippen LogP contribution in [0.3, 0.4) is 0 Å². The van der Waals surface area contributed by atoms with Gasteiger partial charge in [0, 0.05) is 11.8 Å². The number of thiazole rings is 1. The number of nitrogens with zero attached hydrogens (tertiary/aromatic N) is 4. The molecule has 0 spiro atoms. The minimum absolute atomic E-state index is 0.00508. The maximum Gasteiger partial charge on any atom is 0.360 e. The van der Waals surface area contributed by atoms with Crippen molar-refractivity contribution in [1.29, 1.82) is 0 Å². The molecule has 21 nitrogen and oxygen atoms in total. The third-order valence-electron chi connectivity index (χ3n) is 7.81. The largest absolute Gasteiger partial charge is 0.504 e. The van der Waals surface area contributed by atoms with Gasteiger partial charge in [0.2, 0.25) is 0 Å². The standard InChI is InChI=1S/C26H22N6O15S/c27-24-29-12(6-48-24)17(30-47-25(22(40)41)7-44-8-25)18(36)28-11-4-46-32(21(11)39)26(23(42)43)3-13(16(35)5-45-26)31-19(37)9-1-14(33)15(34)2-10(9)20(31)38/h1-2,6,11,13,33-34H,3-5,7-8H2,(H2,27,29)(H,28,36)(H,40,41)(H,42,43)/b30-17-/t11-,13-,26?/m0/s1. The quantitative estimate of drug-likeness (QED) is 0.0680. The topological polar surface area (TPSA) is 307 Å². The highest BCUT2D eigenvalue weighted by Gasteiger charge is 2.61. The predicted molar refractivity (Wildman–Crippen MR) is 150 cm³/mol. The Hall–Kier alpha value is -5.71. The average Bonchev–Trinajstić information content (AvgIpc) is 3.67. The molecule has 1 unspecified atom stereocenters. The van der Waals surface area contributed by atoms with Gasteiger partial charge in [0.25, 0.3) is 35.0 Å². The lowest BCUT2D eigenvalue weighted by Gasteiger charge is -2.42. The van der Waals surface area contributed by atoms with Crippen LogP contribution in [0.25, 0.3) is 0 Å². The number of imide groups is 1. The second-order valence-electron chi connectivity index (χ2n) is 10.8. The number of aromatic hydroxyl groups is 2. The Kier molecular flexibility index (Phi) is 7.73. The second kappa shape index (κ2) is 11.5. The number of carbonyl (C=O) groups excluding carboxylic acids is 5. The van der Waals surface area contributed by atoms with Crippen molar-refractivity contribution >= 4 is 63.5 Å². The molecule has 4 amide bonds. The molecule has 5 heterocycles. The number of carboxylic acids is 2. The maximum absolute atomic E-state index is 13.5. The van der Waals surface area contributed by atoms with Crippen LogP contribution in [0, 0.1) is 0 Å². The number of nitrogens with one attached hydrogen (secondary N) is 1. The second-order valence-corrected chi connectivity index (χ2v) is 11.7. The van der Waals surface area contributed by atoms with E-state index < -0.39 is 102 Å². The number of benzene rings is 1. The van der Waals surface area contributed by atoms with E-state index in [1.807, 2.05) is 0 Å². The zero-order chi connectivity index (χ0) is 34.7. The lowest BCUT2D eigenvalue weighted by molar-refractivity contribution is -0.281. The van der Waals surface area contributed by atoms with Gasteiger partial charge in [-0.05, 0) is 12.1 Å². The molecule has 0 bridgehead atoms. The molecule has 0 saturated carbocycles. The molecule has 0 aliphatic carbocycles. The first kappa shape index (κ1) is 32.2. The van der Waals surface area contributed by atoms with E-state index in [9.17, 15) is 54.0 Å². The fourth-order valence-corrected chi connectivity index (χ4v) is 5.72. The first-order valence-corrected chi connectivity index (χ1v) is 14.5. The van der Waals surface area contributed by atoms with Crippen LogP contribution in [0.5, 0.6) is 11.5 Å². The molecular formula is C26H22N6O15S. The third-order valence-corrected chi connectivity index (χ3v) is 8.48. The number of phenols is 2. The summed E-state index contributed by atoms with van der Waals surface area (Å²) in [5, 5.41) is 46.9. The number of oxime groups is 1. The van der Waals surface area contributed by atoms with Gasteiger partial charge in [-0.1, -0.05) is 5.16 Å². The number of hydroxylamine groups is 2. The number of aromatic nitrogens is 1. The Morgan fingerprint density at radius 2 is 1.71 bits per heavy atom. The molecule has 4 aliphatic rings. The van der Waals surface area contributed by atoms with Gasteiger partial charge in [-0.3, -0.25) is 33.7 Å². The number of Topliss-reactive ketones (excluding diaryl/α,β-unsaturated/α-hetero) is 1. The maximum atomic E-state index is 13.5. The summed E-state index contributed by atoms with van der Waals surface area (Å²) in [5.41, 5.74) is -0.514. The number of aliphatic carboxylic acids is 2. The lowest BCUT2D eigenvalue weighted by Crippen LogP contribution is -2.66. The van der Waals surface area contributed by atoms with Crippen LogP contribution in [0.1, 0.15) is 32.8 Å². The van der Waals surface area contributed by atoms with Gasteiger partial charge >= 0.3 is 11.9 Å². The van der Waals surface area contributed by atoms with Gasteiger partial charge in [-0.15, -0.1) is 11.3 Å². The predicted octanol–water partition coefficient (Wildman–Crippen LogP) is -2.60. The van der Waals surface area contributed by atoms with Crippen molar-refractivity contribution in [3.8, 4) is 11.5 Å². The van der Waals surface area contributed by atoms with E-state index in [2.05, 4.69) is 15.5 Å². The van der Waals surface area contributed by atoms with Gasteiger partial charge < -0.3 is 45.8 Å². The number of hydrogen-bond acceptors (Lipinski definition) is 17. The Morgan fingerprint density at radius 1 is 1.06 bits per heavy atom. The van der Waals surface area contributed by atoms with Crippen molar-refractivity contribution in [2.45, 2.75) is 29.8 Å². The number of anilines is 1. The number of nitrogens with two attached hydrogens (primary N) is 1. The minimum atomic E-state index is -2.80. The first-order valence-electron chi connectivity index (χ1n) is 13.6. The summed E-state index contributed by atoms with van der Waals surface area (Å²) in [7, 11) is 0. The number of fused-ring (bicyclic) bond motifs is 1. The Labute approximate surface area is 270 Å². The molecule has 0 radical (unpaired) electrons. The lowest BCUT2D eigenvalue weighted by atomic mass is 9.94. The van der Waals surface area contributed by atoms with Crippen LogP contribution >= 0.6 is 11.3 Å². The summed E-state index contributed by atoms with van der Waals surface area (Å²) in [4.78, 5) is 105. The van der Waals surface area contributed by atoms with Crippen LogP contribution in [0.15, 0.2) is 22.7 Å². The Bertz CT molecular complexity index is 1800. The number of nitrogen functional groups attached to an aromatic ring is 1. The van der Waals surface area contributed by atoms with Gasteiger partial charge in [-0.2, -0.15) is 5.06 Å². The van der Waals surface area contributed by atoms with Crippen LogP contribution in [0.4, 0.5) is 5.13 Å². The number of ether oxygens (including phenoxy) is 2.